The SMILES string of the molecule is Cc1ccc(N2CC(C(=O)NCc3c(C)nn(-c4ccccc4)c3C)CC2=O)cc1. The molecule has 2 aromatic carbocycles. The van der Waals surface area contributed by atoms with E-state index in [4.69, 9.17) is 0 Å². The lowest BCUT2D eigenvalue weighted by Gasteiger charge is -2.17. The number of carbonyl (C=O) groups is 2. The molecular formula is C24H26N4O2. The third-order valence-electron chi connectivity index (χ3n) is 5.72. The van der Waals surface area contributed by atoms with Gasteiger partial charge in [0.2, 0.25) is 11.8 Å². The number of para-hydroxylation sites is 1. The molecule has 1 aromatic heterocycles. The van der Waals surface area contributed by atoms with Gasteiger partial charge in [-0.2, -0.15) is 5.10 Å². The van der Waals surface area contributed by atoms with Crippen molar-refractivity contribution in [3.63, 3.8) is 0 Å². The number of benzene rings is 2. The minimum Gasteiger partial charge on any atom is -0.352 e. The molecule has 0 spiro atoms. The minimum atomic E-state index is -0.344. The number of hydrogen-bond donors (Lipinski definition) is 1. The molecule has 3 aromatic rings. The van der Waals surface area contributed by atoms with E-state index in [2.05, 4.69) is 10.4 Å². The predicted molar refractivity (Wildman–Crippen MR) is 117 cm³/mol. The largest absolute Gasteiger partial charge is 0.352 e. The molecule has 2 amide bonds. The fourth-order valence-electron chi connectivity index (χ4n) is 3.93. The molecule has 1 fully saturated rings. The van der Waals surface area contributed by atoms with Gasteiger partial charge in [-0.1, -0.05) is 35.9 Å². The van der Waals surface area contributed by atoms with E-state index in [0.717, 1.165) is 33.9 Å². The summed E-state index contributed by atoms with van der Waals surface area (Å²) >= 11 is 0. The monoisotopic (exact) mass is 402 g/mol. The third kappa shape index (κ3) is 3.85. The van der Waals surface area contributed by atoms with Crippen LogP contribution in [0.1, 0.15) is 28.9 Å². The zero-order valence-electron chi connectivity index (χ0n) is 17.6. The molecule has 1 N–H and O–H groups in total. The maximum atomic E-state index is 12.8. The molecule has 1 saturated heterocycles. The average Bonchev–Trinajstić information content (AvgIpc) is 3.27. The Hall–Kier alpha value is -3.41. The Bertz CT molecular complexity index is 1070. The van der Waals surface area contributed by atoms with Crippen molar-refractivity contribution in [1.29, 1.82) is 0 Å². The molecule has 2 heterocycles. The zero-order valence-corrected chi connectivity index (χ0v) is 17.6. The van der Waals surface area contributed by atoms with Crippen molar-refractivity contribution >= 4 is 17.5 Å². The van der Waals surface area contributed by atoms with E-state index in [9.17, 15) is 9.59 Å². The Morgan fingerprint density at radius 1 is 1.03 bits per heavy atom. The van der Waals surface area contributed by atoms with E-state index in [1.807, 2.05) is 80.1 Å². The van der Waals surface area contributed by atoms with Crippen molar-refractivity contribution in [2.24, 2.45) is 5.92 Å². The van der Waals surface area contributed by atoms with Gasteiger partial charge in [-0.25, -0.2) is 4.68 Å². The Balaban J connectivity index is 1.42. The predicted octanol–water partition coefficient (Wildman–Crippen LogP) is 3.47. The fourth-order valence-corrected chi connectivity index (χ4v) is 3.93. The van der Waals surface area contributed by atoms with Crippen LogP contribution in [0, 0.1) is 26.7 Å². The number of nitrogens with one attached hydrogen (secondary N) is 1. The third-order valence-corrected chi connectivity index (χ3v) is 5.72. The number of anilines is 1. The molecule has 154 valence electrons. The van der Waals surface area contributed by atoms with Crippen LogP contribution < -0.4 is 10.2 Å². The molecule has 1 unspecified atom stereocenters. The highest BCUT2D eigenvalue weighted by molar-refractivity contribution is 6.00. The smallest absolute Gasteiger partial charge is 0.227 e. The summed E-state index contributed by atoms with van der Waals surface area (Å²) in [5.41, 5.74) is 5.87. The second-order valence-electron chi connectivity index (χ2n) is 7.86. The van der Waals surface area contributed by atoms with Gasteiger partial charge in [0.05, 0.1) is 17.3 Å². The normalized spacial score (nSPS) is 16.2. The second-order valence-corrected chi connectivity index (χ2v) is 7.86. The molecule has 6 nitrogen and oxygen atoms in total. The molecule has 30 heavy (non-hydrogen) atoms. The van der Waals surface area contributed by atoms with Gasteiger partial charge in [-0.05, 0) is 45.0 Å². The Kier molecular flexibility index (Phi) is 5.40. The molecule has 1 atom stereocenters. The van der Waals surface area contributed by atoms with Crippen molar-refractivity contribution in [2.75, 3.05) is 11.4 Å². The van der Waals surface area contributed by atoms with Gasteiger partial charge in [0.15, 0.2) is 0 Å². The summed E-state index contributed by atoms with van der Waals surface area (Å²) in [4.78, 5) is 26.9. The van der Waals surface area contributed by atoms with Crippen LogP contribution in [-0.2, 0) is 16.1 Å². The number of aryl methyl sites for hydroxylation is 2. The van der Waals surface area contributed by atoms with Crippen LogP contribution in [0.3, 0.4) is 0 Å². The van der Waals surface area contributed by atoms with Crippen LogP contribution in [0.2, 0.25) is 0 Å². The number of nitrogens with zero attached hydrogens (tertiary/aromatic N) is 3. The molecule has 1 aliphatic rings. The second kappa shape index (κ2) is 8.14. The number of aromatic nitrogens is 2. The lowest BCUT2D eigenvalue weighted by Crippen LogP contribution is -2.32. The molecule has 6 heteroatoms. The summed E-state index contributed by atoms with van der Waals surface area (Å²) in [7, 11) is 0. The van der Waals surface area contributed by atoms with Crippen molar-refractivity contribution in [3.05, 3.63) is 77.1 Å². The standard InChI is InChI=1S/C24H26N4O2/c1-16-9-11-20(12-10-16)27-15-19(13-23(27)29)24(30)25-14-22-17(2)26-28(18(22)3)21-7-5-4-6-8-21/h4-12,19H,13-15H2,1-3H3,(H,25,30). The molecule has 0 radical (unpaired) electrons. The van der Waals surface area contributed by atoms with Gasteiger partial charge in [0.25, 0.3) is 0 Å². The fraction of sp³-hybridized carbons (Fsp3) is 0.292. The van der Waals surface area contributed by atoms with Gasteiger partial charge in [-0.15, -0.1) is 0 Å². The summed E-state index contributed by atoms with van der Waals surface area (Å²) in [6, 6.07) is 17.7. The van der Waals surface area contributed by atoms with Crippen LogP contribution >= 0.6 is 0 Å². The maximum Gasteiger partial charge on any atom is 0.227 e. The molecule has 1 aliphatic heterocycles. The van der Waals surface area contributed by atoms with E-state index in [1.165, 1.54) is 0 Å². The van der Waals surface area contributed by atoms with Gasteiger partial charge >= 0.3 is 0 Å². The molecule has 0 bridgehead atoms. The first kappa shape index (κ1) is 19.9. The number of carbonyl (C=O) groups excluding carboxylic acids is 2. The van der Waals surface area contributed by atoms with Gasteiger partial charge in [0, 0.05) is 36.5 Å². The topological polar surface area (TPSA) is 67.2 Å². The van der Waals surface area contributed by atoms with E-state index in [0.29, 0.717) is 13.1 Å². The van der Waals surface area contributed by atoms with Gasteiger partial charge < -0.3 is 10.2 Å². The summed E-state index contributed by atoms with van der Waals surface area (Å²) < 4.78 is 1.90. The van der Waals surface area contributed by atoms with Gasteiger partial charge in [0.1, 0.15) is 0 Å². The summed E-state index contributed by atoms with van der Waals surface area (Å²) in [6.07, 6.45) is 0.237. The van der Waals surface area contributed by atoms with Crippen molar-refractivity contribution in [3.8, 4) is 5.69 Å². The molecule has 0 aliphatic carbocycles. The molecule has 4 rings (SSSR count). The maximum absolute atomic E-state index is 12.8. The van der Waals surface area contributed by atoms with Crippen molar-refractivity contribution in [2.45, 2.75) is 33.7 Å². The molecule has 0 saturated carbocycles. The lowest BCUT2D eigenvalue weighted by molar-refractivity contribution is -0.126. The number of rotatable bonds is 5. The average molecular weight is 402 g/mol. The Labute approximate surface area is 176 Å². The highest BCUT2D eigenvalue weighted by atomic mass is 16.2. The summed E-state index contributed by atoms with van der Waals surface area (Å²) in [5.74, 6) is -0.448. The summed E-state index contributed by atoms with van der Waals surface area (Å²) in [5, 5.41) is 7.65. The highest BCUT2D eigenvalue weighted by Gasteiger charge is 2.35. The van der Waals surface area contributed by atoms with Crippen LogP contribution in [0.25, 0.3) is 5.69 Å². The van der Waals surface area contributed by atoms with E-state index in [-0.39, 0.29) is 24.2 Å². The first-order valence-corrected chi connectivity index (χ1v) is 10.2. The van der Waals surface area contributed by atoms with Crippen LogP contribution in [0.15, 0.2) is 54.6 Å². The van der Waals surface area contributed by atoms with Gasteiger partial charge in [-0.3, -0.25) is 9.59 Å². The molecular weight excluding hydrogens is 376 g/mol. The quantitative estimate of drug-likeness (QED) is 0.711. The van der Waals surface area contributed by atoms with Crippen molar-refractivity contribution < 1.29 is 9.59 Å². The Morgan fingerprint density at radius 3 is 2.43 bits per heavy atom. The highest BCUT2D eigenvalue weighted by Crippen LogP contribution is 2.26. The van der Waals surface area contributed by atoms with Crippen LogP contribution in [0.4, 0.5) is 5.69 Å². The van der Waals surface area contributed by atoms with E-state index in [1.54, 1.807) is 4.90 Å². The number of hydrogen-bond acceptors (Lipinski definition) is 3. The first-order chi connectivity index (χ1) is 14.4. The van der Waals surface area contributed by atoms with E-state index >= 15 is 0 Å². The minimum absolute atomic E-state index is 0.0109. The first-order valence-electron chi connectivity index (χ1n) is 10.2. The summed E-state index contributed by atoms with van der Waals surface area (Å²) in [6.45, 7) is 6.78. The van der Waals surface area contributed by atoms with Crippen LogP contribution in [-0.4, -0.2) is 28.1 Å². The van der Waals surface area contributed by atoms with Crippen LogP contribution in [0.5, 0.6) is 0 Å². The Morgan fingerprint density at radius 2 is 1.73 bits per heavy atom. The zero-order chi connectivity index (χ0) is 21.3. The van der Waals surface area contributed by atoms with E-state index < -0.39 is 0 Å². The lowest BCUT2D eigenvalue weighted by atomic mass is 10.1. The van der Waals surface area contributed by atoms with Crippen molar-refractivity contribution in [1.82, 2.24) is 15.1 Å². The number of amides is 2.